The Hall–Kier alpha value is -0.0400. The van der Waals surface area contributed by atoms with E-state index < -0.39 is 0 Å². The molecule has 0 fully saturated rings. The van der Waals surface area contributed by atoms with Crippen LogP contribution in [0.2, 0.25) is 0 Å². The molecule has 46 valence electrons. The zero-order chi connectivity index (χ0) is 6.73. The van der Waals surface area contributed by atoms with Crippen molar-refractivity contribution in [2.75, 3.05) is 0 Å². The van der Waals surface area contributed by atoms with Crippen LogP contribution in [-0.4, -0.2) is 0 Å². The zero-order valence-electron chi connectivity index (χ0n) is 5.37. The third-order valence-corrected chi connectivity index (χ3v) is 1.55. The van der Waals surface area contributed by atoms with Crippen LogP contribution in [0.1, 0.15) is 13.8 Å². The lowest BCUT2D eigenvalue weighted by Crippen LogP contribution is -1.89. The molecule has 0 nitrogen and oxygen atoms in total. The SMILES string of the molecule is C=C(Br)C(=C)C(C)C. The van der Waals surface area contributed by atoms with Crippen molar-refractivity contribution in [1.82, 2.24) is 0 Å². The maximum atomic E-state index is 3.81. The summed E-state index contributed by atoms with van der Waals surface area (Å²) in [5.74, 6) is 0.502. The highest BCUT2D eigenvalue weighted by atomic mass is 79.9. The normalized spacial score (nSPS) is 9.50. The molecule has 0 atom stereocenters. The minimum atomic E-state index is 0.502. The summed E-state index contributed by atoms with van der Waals surface area (Å²) in [4.78, 5) is 0. The molecule has 0 radical (unpaired) electrons. The molecule has 0 aliphatic carbocycles. The van der Waals surface area contributed by atoms with Crippen molar-refractivity contribution >= 4 is 15.9 Å². The van der Waals surface area contributed by atoms with Crippen molar-refractivity contribution in [1.29, 1.82) is 0 Å². The summed E-state index contributed by atoms with van der Waals surface area (Å²) in [5.41, 5.74) is 1.07. The number of allylic oxidation sites excluding steroid dienone is 2. The van der Waals surface area contributed by atoms with E-state index in [1.54, 1.807) is 0 Å². The fourth-order valence-electron chi connectivity index (χ4n) is 0.313. The molecule has 0 unspecified atom stereocenters. The third-order valence-electron chi connectivity index (χ3n) is 1.05. The van der Waals surface area contributed by atoms with E-state index in [2.05, 4.69) is 42.9 Å². The summed E-state index contributed by atoms with van der Waals surface area (Å²) in [6.45, 7) is 11.7. The second kappa shape index (κ2) is 3.08. The summed E-state index contributed by atoms with van der Waals surface area (Å²) < 4.78 is 0.910. The Morgan fingerprint density at radius 3 is 1.75 bits per heavy atom. The minimum Gasteiger partial charge on any atom is -0.0945 e. The van der Waals surface area contributed by atoms with Crippen molar-refractivity contribution in [2.24, 2.45) is 5.92 Å². The molecule has 0 aliphatic rings. The average molecular weight is 175 g/mol. The summed E-state index contributed by atoms with van der Waals surface area (Å²) in [6, 6.07) is 0. The molecule has 0 heterocycles. The summed E-state index contributed by atoms with van der Waals surface area (Å²) >= 11 is 3.25. The van der Waals surface area contributed by atoms with Gasteiger partial charge in [-0.1, -0.05) is 42.9 Å². The molecule has 8 heavy (non-hydrogen) atoms. The summed E-state index contributed by atoms with van der Waals surface area (Å²) in [7, 11) is 0. The number of halogens is 1. The Bertz CT molecular complexity index is 112. The molecule has 0 amide bonds. The van der Waals surface area contributed by atoms with Gasteiger partial charge in [0.2, 0.25) is 0 Å². The molecule has 0 rings (SSSR count). The van der Waals surface area contributed by atoms with Crippen LogP contribution in [0, 0.1) is 5.92 Å². The molecule has 0 aromatic carbocycles. The van der Waals surface area contributed by atoms with Crippen LogP contribution in [0.3, 0.4) is 0 Å². The molecular formula is C7H11Br. The molecule has 0 aromatic heterocycles. The molecule has 0 saturated carbocycles. The van der Waals surface area contributed by atoms with Crippen LogP contribution in [0.5, 0.6) is 0 Å². The van der Waals surface area contributed by atoms with Crippen LogP contribution in [0.4, 0.5) is 0 Å². The first kappa shape index (κ1) is 7.96. The first-order valence-corrected chi connectivity index (χ1v) is 3.38. The zero-order valence-corrected chi connectivity index (χ0v) is 6.96. The van der Waals surface area contributed by atoms with Gasteiger partial charge in [0.1, 0.15) is 0 Å². The van der Waals surface area contributed by atoms with Gasteiger partial charge in [-0.3, -0.25) is 0 Å². The Morgan fingerprint density at radius 1 is 1.38 bits per heavy atom. The molecule has 0 N–H and O–H groups in total. The predicted octanol–water partition coefficient (Wildman–Crippen LogP) is 3.11. The second-order valence-corrected chi connectivity index (χ2v) is 3.04. The van der Waals surface area contributed by atoms with Crippen LogP contribution in [0.15, 0.2) is 23.2 Å². The van der Waals surface area contributed by atoms with E-state index in [9.17, 15) is 0 Å². The van der Waals surface area contributed by atoms with Crippen molar-refractivity contribution in [2.45, 2.75) is 13.8 Å². The highest BCUT2D eigenvalue weighted by molar-refractivity contribution is 9.11. The van der Waals surface area contributed by atoms with Crippen molar-refractivity contribution in [3.05, 3.63) is 23.2 Å². The largest absolute Gasteiger partial charge is 0.0945 e. The van der Waals surface area contributed by atoms with Crippen molar-refractivity contribution < 1.29 is 0 Å². The van der Waals surface area contributed by atoms with Crippen molar-refractivity contribution in [3.63, 3.8) is 0 Å². The van der Waals surface area contributed by atoms with E-state index >= 15 is 0 Å². The molecule has 0 bridgehead atoms. The van der Waals surface area contributed by atoms with Gasteiger partial charge in [0, 0.05) is 4.48 Å². The smallest absolute Gasteiger partial charge is 0.0132 e. The Kier molecular flexibility index (Phi) is 3.06. The van der Waals surface area contributed by atoms with Gasteiger partial charge < -0.3 is 0 Å². The van der Waals surface area contributed by atoms with E-state index in [1.807, 2.05) is 0 Å². The number of rotatable bonds is 2. The highest BCUT2D eigenvalue weighted by Crippen LogP contribution is 2.19. The number of hydrogen-bond donors (Lipinski definition) is 0. The van der Waals surface area contributed by atoms with E-state index in [0.29, 0.717) is 5.92 Å². The van der Waals surface area contributed by atoms with Crippen LogP contribution in [-0.2, 0) is 0 Å². The van der Waals surface area contributed by atoms with Crippen molar-refractivity contribution in [3.8, 4) is 0 Å². The fraction of sp³-hybridized carbons (Fsp3) is 0.429. The number of hydrogen-bond acceptors (Lipinski definition) is 0. The summed E-state index contributed by atoms with van der Waals surface area (Å²) in [5, 5.41) is 0. The van der Waals surface area contributed by atoms with Gasteiger partial charge in [0.05, 0.1) is 0 Å². The lowest BCUT2D eigenvalue weighted by Gasteiger charge is -2.04. The first-order chi connectivity index (χ1) is 3.55. The average Bonchev–Trinajstić information content (AvgIpc) is 1.64. The van der Waals surface area contributed by atoms with Gasteiger partial charge in [0.15, 0.2) is 0 Å². The molecule has 0 aliphatic heterocycles. The lowest BCUT2D eigenvalue weighted by atomic mass is 10.1. The molecule has 0 aromatic rings. The lowest BCUT2D eigenvalue weighted by molar-refractivity contribution is 0.793. The van der Waals surface area contributed by atoms with Gasteiger partial charge in [-0.25, -0.2) is 0 Å². The second-order valence-electron chi connectivity index (χ2n) is 2.08. The van der Waals surface area contributed by atoms with E-state index in [0.717, 1.165) is 10.1 Å². The molecule has 1 heteroatoms. The predicted molar refractivity (Wildman–Crippen MR) is 42.0 cm³/mol. The van der Waals surface area contributed by atoms with E-state index in [-0.39, 0.29) is 0 Å². The quantitative estimate of drug-likeness (QED) is 0.565. The van der Waals surface area contributed by atoms with Gasteiger partial charge >= 0.3 is 0 Å². The monoisotopic (exact) mass is 174 g/mol. The minimum absolute atomic E-state index is 0.502. The highest BCUT2D eigenvalue weighted by Gasteiger charge is 1.99. The van der Waals surface area contributed by atoms with Crippen LogP contribution < -0.4 is 0 Å². The molecule has 0 spiro atoms. The van der Waals surface area contributed by atoms with Crippen LogP contribution >= 0.6 is 15.9 Å². The topological polar surface area (TPSA) is 0 Å². The van der Waals surface area contributed by atoms with Crippen LogP contribution in [0.25, 0.3) is 0 Å². The van der Waals surface area contributed by atoms with Gasteiger partial charge in [-0.2, -0.15) is 0 Å². The third kappa shape index (κ3) is 2.31. The maximum Gasteiger partial charge on any atom is 0.0132 e. The fourth-order valence-corrected chi connectivity index (χ4v) is 0.771. The Morgan fingerprint density at radius 2 is 1.75 bits per heavy atom. The Labute approximate surface area is 59.4 Å². The maximum absolute atomic E-state index is 3.81. The van der Waals surface area contributed by atoms with E-state index in [4.69, 9.17) is 0 Å². The van der Waals surface area contributed by atoms with Gasteiger partial charge in [0.25, 0.3) is 0 Å². The first-order valence-electron chi connectivity index (χ1n) is 2.59. The van der Waals surface area contributed by atoms with Gasteiger partial charge in [-0.15, -0.1) is 0 Å². The Balaban J connectivity index is 3.84. The molecular weight excluding hydrogens is 164 g/mol. The summed E-state index contributed by atoms with van der Waals surface area (Å²) in [6.07, 6.45) is 0. The van der Waals surface area contributed by atoms with E-state index in [1.165, 1.54) is 0 Å². The molecule has 0 saturated heterocycles. The standard InChI is InChI=1S/C7H11Br/c1-5(2)6(3)7(4)8/h5H,3-4H2,1-2H3. The van der Waals surface area contributed by atoms with Gasteiger partial charge in [-0.05, 0) is 11.5 Å².